The highest BCUT2D eigenvalue weighted by atomic mass is 32.2. The monoisotopic (exact) mass is 268 g/mol. The van der Waals surface area contributed by atoms with Gasteiger partial charge in [0.05, 0.1) is 5.92 Å². The first kappa shape index (κ1) is 12.5. The van der Waals surface area contributed by atoms with Gasteiger partial charge in [-0.25, -0.2) is 0 Å². The molecular weight excluding hydrogens is 252 g/mol. The molecule has 3 rings (SSSR count). The van der Waals surface area contributed by atoms with Gasteiger partial charge in [0.1, 0.15) is 6.29 Å². The lowest BCUT2D eigenvalue weighted by atomic mass is 9.89. The van der Waals surface area contributed by atoms with E-state index in [0.717, 1.165) is 17.4 Å². The van der Waals surface area contributed by atoms with Crippen molar-refractivity contribution in [1.29, 1.82) is 0 Å². The van der Waals surface area contributed by atoms with Crippen molar-refractivity contribution in [3.05, 3.63) is 59.2 Å². The van der Waals surface area contributed by atoms with E-state index < -0.39 is 0 Å². The summed E-state index contributed by atoms with van der Waals surface area (Å²) in [6.07, 6.45) is 1.07. The molecule has 0 saturated carbocycles. The van der Waals surface area contributed by atoms with E-state index in [-0.39, 0.29) is 5.92 Å². The minimum atomic E-state index is -0.119. The van der Waals surface area contributed by atoms with Crippen molar-refractivity contribution in [2.45, 2.75) is 35.5 Å². The van der Waals surface area contributed by atoms with E-state index in [4.69, 9.17) is 0 Å². The molecule has 2 heteroatoms. The number of carbonyl (C=O) groups is 1. The predicted molar refractivity (Wildman–Crippen MR) is 79.0 cm³/mol. The molecule has 0 spiro atoms. The minimum Gasteiger partial charge on any atom is -0.302 e. The summed E-state index contributed by atoms with van der Waals surface area (Å²) in [7, 11) is 0. The summed E-state index contributed by atoms with van der Waals surface area (Å²) in [5, 5.41) is 0. The molecule has 1 aliphatic heterocycles. The van der Waals surface area contributed by atoms with Crippen LogP contribution >= 0.6 is 11.8 Å². The maximum atomic E-state index is 11.6. The lowest BCUT2D eigenvalue weighted by Gasteiger charge is -2.27. The van der Waals surface area contributed by atoms with Crippen LogP contribution in [0.3, 0.4) is 0 Å². The Morgan fingerprint density at radius 1 is 1.05 bits per heavy atom. The van der Waals surface area contributed by atoms with Crippen molar-refractivity contribution in [2.75, 3.05) is 0 Å². The zero-order valence-electron chi connectivity index (χ0n) is 11.1. The van der Waals surface area contributed by atoms with Crippen LogP contribution in [0, 0.1) is 0 Å². The zero-order chi connectivity index (χ0) is 13.4. The highest BCUT2D eigenvalue weighted by Gasteiger charge is 2.27. The average Bonchev–Trinajstić information content (AvgIpc) is 2.43. The first-order chi connectivity index (χ1) is 9.22. The van der Waals surface area contributed by atoms with Crippen LogP contribution in [0.5, 0.6) is 0 Å². The van der Waals surface area contributed by atoms with E-state index in [1.807, 2.05) is 12.1 Å². The van der Waals surface area contributed by atoms with Crippen molar-refractivity contribution in [1.82, 2.24) is 0 Å². The van der Waals surface area contributed by atoms with Gasteiger partial charge in [0.15, 0.2) is 0 Å². The Hall–Kier alpha value is -1.54. The number of aldehydes is 1. The van der Waals surface area contributed by atoms with Gasteiger partial charge < -0.3 is 4.79 Å². The number of fused-ring (bicyclic) bond motifs is 2. The Balaban J connectivity index is 2.23. The highest BCUT2D eigenvalue weighted by Crippen LogP contribution is 2.47. The Bertz CT molecular complexity index is 631. The van der Waals surface area contributed by atoms with Crippen LogP contribution in [0.25, 0.3) is 0 Å². The van der Waals surface area contributed by atoms with Gasteiger partial charge in [-0.15, -0.1) is 0 Å². The second-order valence-corrected chi connectivity index (χ2v) is 6.23. The fraction of sp³-hybridized carbons (Fsp3) is 0.235. The van der Waals surface area contributed by atoms with E-state index in [0.29, 0.717) is 5.92 Å². The minimum absolute atomic E-state index is 0.119. The molecule has 0 fully saturated rings. The molecule has 1 heterocycles. The van der Waals surface area contributed by atoms with E-state index >= 15 is 0 Å². The predicted octanol–water partition coefficient (Wildman–Crippen LogP) is 4.61. The van der Waals surface area contributed by atoms with E-state index in [1.54, 1.807) is 11.8 Å². The highest BCUT2D eigenvalue weighted by molar-refractivity contribution is 7.99. The normalized spacial score (nSPS) is 16.9. The molecule has 1 aliphatic rings. The molecule has 0 bridgehead atoms. The van der Waals surface area contributed by atoms with Gasteiger partial charge in [0.2, 0.25) is 0 Å². The van der Waals surface area contributed by atoms with Crippen molar-refractivity contribution in [3.8, 4) is 0 Å². The largest absolute Gasteiger partial charge is 0.302 e. The van der Waals surface area contributed by atoms with Crippen LogP contribution in [0.4, 0.5) is 0 Å². The van der Waals surface area contributed by atoms with Crippen molar-refractivity contribution in [3.63, 3.8) is 0 Å². The van der Waals surface area contributed by atoms with Crippen LogP contribution in [0.2, 0.25) is 0 Å². The number of rotatable bonds is 2. The Morgan fingerprint density at radius 3 is 2.53 bits per heavy atom. The molecule has 0 saturated heterocycles. The summed E-state index contributed by atoms with van der Waals surface area (Å²) >= 11 is 1.80. The van der Waals surface area contributed by atoms with Gasteiger partial charge in [-0.1, -0.05) is 62.0 Å². The third kappa shape index (κ3) is 2.00. The topological polar surface area (TPSA) is 17.1 Å². The maximum Gasteiger partial charge on any atom is 0.131 e. The molecule has 0 aromatic heterocycles. The summed E-state index contributed by atoms with van der Waals surface area (Å²) in [4.78, 5) is 14.0. The van der Waals surface area contributed by atoms with Crippen LogP contribution in [0.15, 0.2) is 52.3 Å². The first-order valence-electron chi connectivity index (χ1n) is 6.57. The second-order valence-electron chi connectivity index (χ2n) is 5.17. The zero-order valence-corrected chi connectivity index (χ0v) is 11.9. The SMILES string of the molecule is CC(C)c1cccc2c1Sc1ccccc1C2C=O. The molecule has 19 heavy (non-hydrogen) atoms. The molecule has 0 aliphatic carbocycles. The van der Waals surface area contributed by atoms with Gasteiger partial charge >= 0.3 is 0 Å². The number of hydrogen-bond acceptors (Lipinski definition) is 2. The van der Waals surface area contributed by atoms with Crippen LogP contribution in [0.1, 0.15) is 42.4 Å². The van der Waals surface area contributed by atoms with E-state index in [9.17, 15) is 4.79 Å². The van der Waals surface area contributed by atoms with Crippen LogP contribution in [-0.2, 0) is 4.79 Å². The van der Waals surface area contributed by atoms with Crippen LogP contribution in [-0.4, -0.2) is 6.29 Å². The molecule has 96 valence electrons. The average molecular weight is 268 g/mol. The van der Waals surface area contributed by atoms with Gasteiger partial charge in [0.25, 0.3) is 0 Å². The quantitative estimate of drug-likeness (QED) is 0.740. The Kier molecular flexibility index (Phi) is 3.19. The molecule has 0 N–H and O–H groups in total. The lowest BCUT2D eigenvalue weighted by molar-refractivity contribution is -0.108. The lowest BCUT2D eigenvalue weighted by Crippen LogP contribution is -2.11. The molecule has 0 radical (unpaired) electrons. The van der Waals surface area contributed by atoms with Gasteiger partial charge in [-0.3, -0.25) is 0 Å². The van der Waals surface area contributed by atoms with Crippen molar-refractivity contribution >= 4 is 18.0 Å². The third-order valence-electron chi connectivity index (χ3n) is 3.64. The van der Waals surface area contributed by atoms with Crippen LogP contribution < -0.4 is 0 Å². The maximum absolute atomic E-state index is 11.6. The number of carbonyl (C=O) groups excluding carboxylic acids is 1. The van der Waals surface area contributed by atoms with Crippen molar-refractivity contribution < 1.29 is 4.79 Å². The van der Waals surface area contributed by atoms with Gasteiger partial charge in [-0.2, -0.15) is 0 Å². The summed E-state index contributed by atoms with van der Waals surface area (Å²) in [5.41, 5.74) is 3.63. The Morgan fingerprint density at radius 2 is 1.79 bits per heavy atom. The van der Waals surface area contributed by atoms with Gasteiger partial charge in [0, 0.05) is 9.79 Å². The second kappa shape index (κ2) is 4.86. The summed E-state index contributed by atoms with van der Waals surface area (Å²) in [6, 6.07) is 14.5. The molecule has 1 nitrogen and oxygen atoms in total. The standard InChI is InChI=1S/C17H16OS/c1-11(2)12-7-5-8-14-15(10-18)13-6-3-4-9-16(13)19-17(12)14/h3-11,15H,1-2H3. The molecule has 2 aromatic carbocycles. The van der Waals surface area contributed by atoms with E-state index in [2.05, 4.69) is 44.2 Å². The number of benzene rings is 2. The third-order valence-corrected chi connectivity index (χ3v) is 4.90. The molecular formula is C17H16OS. The fourth-order valence-corrected chi connectivity index (χ4v) is 4.06. The summed E-state index contributed by atoms with van der Waals surface area (Å²) in [5.74, 6) is 0.353. The first-order valence-corrected chi connectivity index (χ1v) is 7.39. The fourth-order valence-electron chi connectivity index (χ4n) is 2.65. The smallest absolute Gasteiger partial charge is 0.131 e. The summed E-state index contributed by atoms with van der Waals surface area (Å²) in [6.45, 7) is 4.40. The number of hydrogen-bond donors (Lipinski definition) is 0. The molecule has 1 unspecified atom stereocenters. The molecule has 0 amide bonds. The molecule has 1 atom stereocenters. The summed E-state index contributed by atoms with van der Waals surface area (Å²) < 4.78 is 0. The van der Waals surface area contributed by atoms with E-state index in [1.165, 1.54) is 15.4 Å². The van der Waals surface area contributed by atoms with Gasteiger partial charge in [-0.05, 0) is 28.7 Å². The van der Waals surface area contributed by atoms with Crippen molar-refractivity contribution in [2.24, 2.45) is 0 Å². The Labute approximate surface area is 118 Å². The molecule has 2 aromatic rings.